The van der Waals surface area contributed by atoms with Crippen LogP contribution in [0.4, 0.5) is 11.5 Å². The Balaban J connectivity index is 1.42. The number of nitrogens with zero attached hydrogens (tertiary/aromatic N) is 2. The van der Waals surface area contributed by atoms with Gasteiger partial charge in [0, 0.05) is 23.0 Å². The van der Waals surface area contributed by atoms with Gasteiger partial charge in [0.15, 0.2) is 0 Å². The molecular weight excluding hydrogens is 392 g/mol. The van der Waals surface area contributed by atoms with Crippen molar-refractivity contribution in [3.63, 3.8) is 0 Å². The summed E-state index contributed by atoms with van der Waals surface area (Å²) in [5.74, 6) is 0.970. The molecule has 0 aliphatic heterocycles. The van der Waals surface area contributed by atoms with Gasteiger partial charge in [-0.05, 0) is 49.4 Å². The molecule has 0 spiro atoms. The van der Waals surface area contributed by atoms with Crippen LogP contribution >= 0.6 is 0 Å². The summed E-state index contributed by atoms with van der Waals surface area (Å²) >= 11 is 0. The first kappa shape index (κ1) is 20.0. The summed E-state index contributed by atoms with van der Waals surface area (Å²) in [5.41, 5.74) is 2.35. The van der Waals surface area contributed by atoms with Crippen molar-refractivity contribution in [2.24, 2.45) is 0 Å². The fourth-order valence-electron chi connectivity index (χ4n) is 3.02. The molecule has 0 unspecified atom stereocenters. The first-order valence-corrected chi connectivity index (χ1v) is 9.72. The van der Waals surface area contributed by atoms with E-state index in [1.165, 1.54) is 0 Å². The molecule has 2 aromatic carbocycles. The van der Waals surface area contributed by atoms with Crippen LogP contribution in [-0.2, 0) is 11.2 Å². The molecule has 0 fully saturated rings. The lowest BCUT2D eigenvalue weighted by atomic mass is 10.1. The largest absolute Gasteiger partial charge is 0.441 e. The molecule has 0 atom stereocenters. The molecule has 7 heteroatoms. The Morgan fingerprint density at radius 1 is 0.935 bits per heavy atom. The summed E-state index contributed by atoms with van der Waals surface area (Å²) in [5, 5.41) is 5.53. The van der Waals surface area contributed by atoms with Crippen molar-refractivity contribution in [1.29, 1.82) is 0 Å². The number of pyridine rings is 1. The van der Waals surface area contributed by atoms with E-state index in [0.717, 1.165) is 5.56 Å². The smallest absolute Gasteiger partial charge is 0.256 e. The second kappa shape index (κ2) is 9.04. The zero-order valence-corrected chi connectivity index (χ0v) is 16.8. The van der Waals surface area contributed by atoms with Gasteiger partial charge >= 0.3 is 0 Å². The van der Waals surface area contributed by atoms with E-state index in [-0.39, 0.29) is 18.2 Å². The average molecular weight is 412 g/mol. The molecule has 2 amide bonds. The van der Waals surface area contributed by atoms with Gasteiger partial charge in [0.25, 0.3) is 5.91 Å². The molecule has 2 aromatic heterocycles. The standard InChI is InChI=1S/C24H20N4O3/c1-16-20(27-24(31-16)17-8-3-2-4-9-17)15-22(29)26-19-11-7-10-18(14-19)23(30)28-21-12-5-6-13-25-21/h2-14H,15H2,1H3,(H,26,29)(H,25,28,30). The molecule has 0 radical (unpaired) electrons. The number of hydrogen-bond donors (Lipinski definition) is 2. The summed E-state index contributed by atoms with van der Waals surface area (Å²) in [4.78, 5) is 33.5. The minimum absolute atomic E-state index is 0.0620. The number of anilines is 2. The number of hydrogen-bond acceptors (Lipinski definition) is 5. The first-order valence-electron chi connectivity index (χ1n) is 9.72. The SMILES string of the molecule is Cc1oc(-c2ccccc2)nc1CC(=O)Nc1cccc(C(=O)Nc2ccccn2)c1. The lowest BCUT2D eigenvalue weighted by Gasteiger charge is -2.08. The van der Waals surface area contributed by atoms with Gasteiger partial charge in [-0.15, -0.1) is 0 Å². The monoisotopic (exact) mass is 412 g/mol. The molecule has 4 aromatic rings. The summed E-state index contributed by atoms with van der Waals surface area (Å²) in [6, 6.07) is 21.5. The normalized spacial score (nSPS) is 10.5. The zero-order chi connectivity index (χ0) is 21.6. The van der Waals surface area contributed by atoms with E-state index in [1.54, 1.807) is 55.6 Å². The van der Waals surface area contributed by atoms with Crippen LogP contribution in [0.5, 0.6) is 0 Å². The number of aromatic nitrogens is 2. The predicted octanol–water partition coefficient (Wildman–Crippen LogP) is 4.48. The van der Waals surface area contributed by atoms with Crippen molar-refractivity contribution in [2.75, 3.05) is 10.6 Å². The highest BCUT2D eigenvalue weighted by molar-refractivity contribution is 6.05. The molecule has 2 heterocycles. The van der Waals surface area contributed by atoms with Crippen LogP contribution in [-0.4, -0.2) is 21.8 Å². The first-order chi connectivity index (χ1) is 15.1. The van der Waals surface area contributed by atoms with Crippen molar-refractivity contribution in [3.05, 3.63) is 96.0 Å². The van der Waals surface area contributed by atoms with E-state index in [9.17, 15) is 9.59 Å². The van der Waals surface area contributed by atoms with Crippen molar-refractivity contribution >= 4 is 23.3 Å². The van der Waals surface area contributed by atoms with Crippen molar-refractivity contribution in [3.8, 4) is 11.5 Å². The molecule has 2 N–H and O–H groups in total. The topological polar surface area (TPSA) is 97.1 Å². The Morgan fingerprint density at radius 3 is 2.52 bits per heavy atom. The van der Waals surface area contributed by atoms with Crippen LogP contribution in [0.15, 0.2) is 83.4 Å². The minimum Gasteiger partial charge on any atom is -0.441 e. The van der Waals surface area contributed by atoms with Crippen LogP contribution < -0.4 is 10.6 Å². The van der Waals surface area contributed by atoms with Crippen LogP contribution in [0.2, 0.25) is 0 Å². The van der Waals surface area contributed by atoms with Gasteiger partial charge < -0.3 is 15.1 Å². The van der Waals surface area contributed by atoms with Crippen LogP contribution in [0.25, 0.3) is 11.5 Å². The average Bonchev–Trinajstić information content (AvgIpc) is 3.15. The second-order valence-electron chi connectivity index (χ2n) is 6.86. The van der Waals surface area contributed by atoms with E-state index < -0.39 is 0 Å². The molecular formula is C24H20N4O3. The van der Waals surface area contributed by atoms with E-state index in [1.807, 2.05) is 30.3 Å². The number of amides is 2. The van der Waals surface area contributed by atoms with Crippen molar-refractivity contribution in [1.82, 2.24) is 9.97 Å². The summed E-state index contributed by atoms with van der Waals surface area (Å²) < 4.78 is 5.71. The molecule has 0 saturated heterocycles. The van der Waals surface area contributed by atoms with Gasteiger partial charge in [-0.3, -0.25) is 9.59 Å². The minimum atomic E-state index is -0.311. The van der Waals surface area contributed by atoms with Gasteiger partial charge in [0.2, 0.25) is 11.8 Å². The van der Waals surface area contributed by atoms with Crippen molar-refractivity contribution in [2.45, 2.75) is 13.3 Å². The Kier molecular flexibility index (Phi) is 5.84. The van der Waals surface area contributed by atoms with E-state index in [0.29, 0.717) is 34.4 Å². The molecule has 0 aliphatic rings. The Labute approximate surface area is 179 Å². The number of aryl methyl sites for hydroxylation is 1. The highest BCUT2D eigenvalue weighted by Crippen LogP contribution is 2.22. The molecule has 0 saturated carbocycles. The number of oxazole rings is 1. The summed E-state index contributed by atoms with van der Waals surface area (Å²) in [6.07, 6.45) is 1.66. The van der Waals surface area contributed by atoms with E-state index >= 15 is 0 Å². The van der Waals surface area contributed by atoms with Gasteiger partial charge in [-0.1, -0.05) is 30.3 Å². The number of benzene rings is 2. The summed E-state index contributed by atoms with van der Waals surface area (Å²) in [7, 11) is 0. The number of nitrogens with one attached hydrogen (secondary N) is 2. The van der Waals surface area contributed by atoms with Gasteiger partial charge in [-0.2, -0.15) is 0 Å². The van der Waals surface area contributed by atoms with E-state index in [4.69, 9.17) is 4.42 Å². The molecule has 0 aliphatic carbocycles. The highest BCUT2D eigenvalue weighted by atomic mass is 16.4. The van der Waals surface area contributed by atoms with Crippen LogP contribution in [0.3, 0.4) is 0 Å². The summed E-state index contributed by atoms with van der Waals surface area (Å²) in [6.45, 7) is 1.78. The number of carbonyl (C=O) groups excluding carboxylic acids is 2. The molecule has 154 valence electrons. The third-order valence-corrected chi connectivity index (χ3v) is 4.56. The molecule has 31 heavy (non-hydrogen) atoms. The predicted molar refractivity (Wildman–Crippen MR) is 118 cm³/mol. The zero-order valence-electron chi connectivity index (χ0n) is 16.8. The maximum absolute atomic E-state index is 12.5. The van der Waals surface area contributed by atoms with Gasteiger partial charge in [0.1, 0.15) is 11.6 Å². The Morgan fingerprint density at radius 2 is 1.74 bits per heavy atom. The quantitative estimate of drug-likeness (QED) is 0.487. The molecule has 0 bridgehead atoms. The molecule has 7 nitrogen and oxygen atoms in total. The second-order valence-corrected chi connectivity index (χ2v) is 6.86. The third kappa shape index (κ3) is 5.02. The lowest BCUT2D eigenvalue weighted by molar-refractivity contribution is -0.115. The highest BCUT2D eigenvalue weighted by Gasteiger charge is 2.15. The molecule has 4 rings (SSSR count). The fraction of sp³-hybridized carbons (Fsp3) is 0.0833. The Bertz CT molecular complexity index is 1200. The number of rotatable bonds is 6. The van der Waals surface area contributed by atoms with E-state index in [2.05, 4.69) is 20.6 Å². The number of carbonyl (C=O) groups is 2. The Hall–Kier alpha value is -4.26. The van der Waals surface area contributed by atoms with Crippen LogP contribution in [0, 0.1) is 6.92 Å². The van der Waals surface area contributed by atoms with Gasteiger partial charge in [0.05, 0.1) is 12.1 Å². The van der Waals surface area contributed by atoms with Crippen molar-refractivity contribution < 1.29 is 14.0 Å². The van der Waals surface area contributed by atoms with Crippen LogP contribution in [0.1, 0.15) is 21.8 Å². The fourth-order valence-corrected chi connectivity index (χ4v) is 3.02. The maximum atomic E-state index is 12.5. The third-order valence-electron chi connectivity index (χ3n) is 4.56. The van der Waals surface area contributed by atoms with Gasteiger partial charge in [-0.25, -0.2) is 9.97 Å². The maximum Gasteiger partial charge on any atom is 0.256 e. The lowest BCUT2D eigenvalue weighted by Crippen LogP contribution is -2.16.